The number of aliphatic hydroxyl groups excluding tert-OH is 1. The quantitative estimate of drug-likeness (QED) is 0.615. The van der Waals surface area contributed by atoms with E-state index in [0.29, 0.717) is 6.54 Å². The van der Waals surface area contributed by atoms with Gasteiger partial charge in [0.15, 0.2) is 0 Å². The van der Waals surface area contributed by atoms with Gasteiger partial charge in [0.05, 0.1) is 12.6 Å². The maximum absolute atomic E-state index is 10.7. The van der Waals surface area contributed by atoms with Crippen molar-refractivity contribution < 1.29 is 15.0 Å². The van der Waals surface area contributed by atoms with Gasteiger partial charge in [-0.2, -0.15) is 0 Å². The highest BCUT2D eigenvalue weighted by Crippen LogP contribution is 2.22. The van der Waals surface area contributed by atoms with E-state index in [9.17, 15) is 4.79 Å². The fourth-order valence-corrected chi connectivity index (χ4v) is 1.77. The predicted octanol–water partition coefficient (Wildman–Crippen LogP) is 0.757. The van der Waals surface area contributed by atoms with Crippen molar-refractivity contribution in [2.24, 2.45) is 5.92 Å². The standard InChI is InChI=1S/C8H15NO3/c1-6-3-2-4-9(8(11)12)7(6)5-10/h6-7,10H,2-5H2,1H3,(H,11,12). The van der Waals surface area contributed by atoms with Crippen LogP contribution in [0.1, 0.15) is 19.8 Å². The van der Waals surface area contributed by atoms with Crippen molar-refractivity contribution in [2.45, 2.75) is 25.8 Å². The Kier molecular flexibility index (Phi) is 2.92. The van der Waals surface area contributed by atoms with E-state index in [1.165, 1.54) is 4.90 Å². The van der Waals surface area contributed by atoms with Gasteiger partial charge in [-0.25, -0.2) is 4.79 Å². The van der Waals surface area contributed by atoms with Crippen LogP contribution in [-0.2, 0) is 0 Å². The molecule has 1 saturated heterocycles. The van der Waals surface area contributed by atoms with Gasteiger partial charge in [-0.3, -0.25) is 0 Å². The number of carboxylic acid groups (broad SMARTS) is 1. The highest BCUT2D eigenvalue weighted by Gasteiger charge is 2.30. The van der Waals surface area contributed by atoms with Crippen LogP contribution in [0.3, 0.4) is 0 Å². The lowest BCUT2D eigenvalue weighted by Gasteiger charge is -2.36. The average Bonchev–Trinajstić information content (AvgIpc) is 2.03. The second-order valence-corrected chi connectivity index (χ2v) is 3.35. The summed E-state index contributed by atoms with van der Waals surface area (Å²) in [6.07, 6.45) is 1.000. The minimum atomic E-state index is -0.916. The Morgan fingerprint density at radius 1 is 1.67 bits per heavy atom. The van der Waals surface area contributed by atoms with E-state index < -0.39 is 6.09 Å². The Labute approximate surface area is 71.8 Å². The van der Waals surface area contributed by atoms with Gasteiger partial charge >= 0.3 is 6.09 Å². The number of nitrogens with zero attached hydrogens (tertiary/aromatic N) is 1. The summed E-state index contributed by atoms with van der Waals surface area (Å²) in [5, 5.41) is 17.7. The Bertz CT molecular complexity index is 172. The monoisotopic (exact) mass is 173 g/mol. The van der Waals surface area contributed by atoms with Crippen molar-refractivity contribution >= 4 is 6.09 Å². The van der Waals surface area contributed by atoms with Crippen LogP contribution in [0.25, 0.3) is 0 Å². The SMILES string of the molecule is CC1CCCN(C(=O)O)C1CO. The third-order valence-corrected chi connectivity index (χ3v) is 2.55. The maximum Gasteiger partial charge on any atom is 0.407 e. The number of hydrogen-bond acceptors (Lipinski definition) is 2. The second kappa shape index (κ2) is 3.76. The fourth-order valence-electron chi connectivity index (χ4n) is 1.77. The molecule has 0 saturated carbocycles. The highest BCUT2D eigenvalue weighted by atomic mass is 16.4. The smallest absolute Gasteiger partial charge is 0.407 e. The Morgan fingerprint density at radius 3 is 2.75 bits per heavy atom. The molecule has 2 atom stereocenters. The predicted molar refractivity (Wildman–Crippen MR) is 44.0 cm³/mol. The van der Waals surface area contributed by atoms with Gasteiger partial charge in [0, 0.05) is 6.54 Å². The number of amides is 1. The molecule has 0 bridgehead atoms. The first kappa shape index (κ1) is 9.32. The molecular weight excluding hydrogens is 158 g/mol. The molecule has 12 heavy (non-hydrogen) atoms. The van der Waals surface area contributed by atoms with E-state index in [2.05, 4.69) is 0 Å². The lowest BCUT2D eigenvalue weighted by molar-refractivity contribution is 0.0516. The Morgan fingerprint density at radius 2 is 2.33 bits per heavy atom. The van der Waals surface area contributed by atoms with Crippen molar-refractivity contribution in [3.63, 3.8) is 0 Å². The van der Waals surface area contributed by atoms with Gasteiger partial charge in [0.25, 0.3) is 0 Å². The molecule has 1 aliphatic rings. The van der Waals surface area contributed by atoms with E-state index in [0.717, 1.165) is 12.8 Å². The average molecular weight is 173 g/mol. The van der Waals surface area contributed by atoms with Crippen LogP contribution in [0.5, 0.6) is 0 Å². The molecule has 1 amide bonds. The van der Waals surface area contributed by atoms with Gasteiger partial charge in [0.1, 0.15) is 0 Å². The van der Waals surface area contributed by atoms with E-state index in [-0.39, 0.29) is 18.6 Å². The van der Waals surface area contributed by atoms with Crippen molar-refractivity contribution in [1.29, 1.82) is 0 Å². The molecule has 0 aromatic carbocycles. The number of aliphatic hydroxyl groups is 1. The minimum absolute atomic E-state index is 0.0620. The molecule has 1 fully saturated rings. The third-order valence-electron chi connectivity index (χ3n) is 2.55. The van der Waals surface area contributed by atoms with Gasteiger partial charge < -0.3 is 15.1 Å². The van der Waals surface area contributed by atoms with Gasteiger partial charge in [-0.15, -0.1) is 0 Å². The van der Waals surface area contributed by atoms with E-state index in [4.69, 9.17) is 10.2 Å². The normalized spacial score (nSPS) is 30.3. The summed E-state index contributed by atoms with van der Waals surface area (Å²) in [5.74, 6) is 0.278. The first-order valence-corrected chi connectivity index (χ1v) is 4.27. The topological polar surface area (TPSA) is 60.8 Å². The zero-order valence-electron chi connectivity index (χ0n) is 7.23. The van der Waals surface area contributed by atoms with Crippen LogP contribution < -0.4 is 0 Å². The summed E-state index contributed by atoms with van der Waals surface area (Å²) >= 11 is 0. The summed E-state index contributed by atoms with van der Waals surface area (Å²) in [6, 6.07) is -0.198. The largest absolute Gasteiger partial charge is 0.465 e. The molecule has 0 aliphatic carbocycles. The minimum Gasteiger partial charge on any atom is -0.465 e. The molecule has 4 heteroatoms. The van der Waals surface area contributed by atoms with Crippen molar-refractivity contribution in [1.82, 2.24) is 4.90 Å². The molecule has 0 radical (unpaired) electrons. The van der Waals surface area contributed by atoms with Crippen molar-refractivity contribution in [3.8, 4) is 0 Å². The molecule has 0 aromatic heterocycles. The van der Waals surface area contributed by atoms with E-state index in [1.807, 2.05) is 6.92 Å². The molecule has 2 unspecified atom stereocenters. The summed E-state index contributed by atoms with van der Waals surface area (Å²) in [4.78, 5) is 12.0. The lowest BCUT2D eigenvalue weighted by atomic mass is 9.92. The van der Waals surface area contributed by atoms with Gasteiger partial charge in [0.2, 0.25) is 0 Å². The number of rotatable bonds is 1. The van der Waals surface area contributed by atoms with E-state index >= 15 is 0 Å². The number of hydrogen-bond donors (Lipinski definition) is 2. The van der Waals surface area contributed by atoms with Crippen LogP contribution in [0, 0.1) is 5.92 Å². The summed E-state index contributed by atoms with van der Waals surface area (Å²) in [7, 11) is 0. The first-order chi connectivity index (χ1) is 5.66. The number of carbonyl (C=O) groups is 1. The molecule has 70 valence electrons. The molecule has 1 heterocycles. The van der Waals surface area contributed by atoms with Gasteiger partial charge in [-0.1, -0.05) is 6.92 Å². The van der Waals surface area contributed by atoms with Crippen LogP contribution in [0.4, 0.5) is 4.79 Å². The van der Waals surface area contributed by atoms with Crippen molar-refractivity contribution in [3.05, 3.63) is 0 Å². The maximum atomic E-state index is 10.7. The molecule has 0 aromatic rings. The second-order valence-electron chi connectivity index (χ2n) is 3.35. The first-order valence-electron chi connectivity index (χ1n) is 4.27. The molecule has 4 nitrogen and oxygen atoms in total. The fraction of sp³-hybridized carbons (Fsp3) is 0.875. The zero-order chi connectivity index (χ0) is 9.14. The highest BCUT2D eigenvalue weighted by molar-refractivity contribution is 5.65. The van der Waals surface area contributed by atoms with Crippen LogP contribution in [0.15, 0.2) is 0 Å². The Balaban J connectivity index is 2.64. The van der Waals surface area contributed by atoms with Crippen LogP contribution in [0.2, 0.25) is 0 Å². The molecule has 2 N–H and O–H groups in total. The number of likely N-dealkylation sites (tertiary alicyclic amines) is 1. The molecule has 1 aliphatic heterocycles. The number of piperidine rings is 1. The van der Waals surface area contributed by atoms with Crippen LogP contribution >= 0.6 is 0 Å². The summed E-state index contributed by atoms with van der Waals surface area (Å²) in [5.41, 5.74) is 0. The molecule has 0 spiro atoms. The van der Waals surface area contributed by atoms with E-state index in [1.54, 1.807) is 0 Å². The summed E-state index contributed by atoms with van der Waals surface area (Å²) in [6.45, 7) is 2.48. The summed E-state index contributed by atoms with van der Waals surface area (Å²) < 4.78 is 0. The van der Waals surface area contributed by atoms with Crippen molar-refractivity contribution in [2.75, 3.05) is 13.2 Å². The zero-order valence-corrected chi connectivity index (χ0v) is 7.23. The third kappa shape index (κ3) is 1.69. The van der Waals surface area contributed by atoms with Crippen LogP contribution in [-0.4, -0.2) is 40.4 Å². The Hall–Kier alpha value is -0.770. The van der Waals surface area contributed by atoms with Gasteiger partial charge in [-0.05, 0) is 18.8 Å². The lowest BCUT2D eigenvalue weighted by Crippen LogP contribution is -2.49. The molecule has 1 rings (SSSR count). The molecular formula is C8H15NO3.